The summed E-state index contributed by atoms with van der Waals surface area (Å²) >= 11 is 0. The Morgan fingerprint density at radius 3 is 2.55 bits per heavy atom. The fraction of sp³-hybridized carbons (Fsp3) is 0.417. The van der Waals surface area contributed by atoms with Gasteiger partial charge in [-0.1, -0.05) is 0 Å². The number of esters is 1. The van der Waals surface area contributed by atoms with E-state index in [4.69, 9.17) is 14.6 Å². The molecule has 0 spiro atoms. The molecule has 0 aliphatic carbocycles. The van der Waals surface area contributed by atoms with E-state index in [1.54, 1.807) is 6.92 Å². The summed E-state index contributed by atoms with van der Waals surface area (Å²) in [5, 5.41) is 4.97. The van der Waals surface area contributed by atoms with Crippen LogP contribution >= 0.6 is 0 Å². The molecular weight excluding hydrogens is 289 g/mol. The summed E-state index contributed by atoms with van der Waals surface area (Å²) in [5.74, 6) is -1.71. The van der Waals surface area contributed by atoms with E-state index in [1.807, 2.05) is 0 Å². The summed E-state index contributed by atoms with van der Waals surface area (Å²) in [7, 11) is -4.11. The van der Waals surface area contributed by atoms with Gasteiger partial charge in [-0.3, -0.25) is 0 Å². The van der Waals surface area contributed by atoms with Crippen LogP contribution < -0.4 is 5.14 Å². The number of benzene rings is 1. The standard InChI is InChI=1S/C12H16FNO5S/c1-3-18-4-5-19-12(15)10-6-9(13)7-11(8(10)2)20(14,16)17/h6-7H,3-5H2,1-2H3,(H2,14,16,17). The maximum absolute atomic E-state index is 13.4. The zero-order valence-electron chi connectivity index (χ0n) is 11.2. The largest absolute Gasteiger partial charge is 0.460 e. The van der Waals surface area contributed by atoms with Crippen LogP contribution in [-0.4, -0.2) is 34.2 Å². The zero-order valence-corrected chi connectivity index (χ0v) is 12.0. The molecular formula is C12H16FNO5S. The molecule has 112 valence electrons. The fourth-order valence-electron chi connectivity index (χ4n) is 1.58. The van der Waals surface area contributed by atoms with Crippen molar-refractivity contribution in [1.29, 1.82) is 0 Å². The minimum Gasteiger partial charge on any atom is -0.460 e. The van der Waals surface area contributed by atoms with Crippen molar-refractivity contribution in [2.45, 2.75) is 18.7 Å². The van der Waals surface area contributed by atoms with Gasteiger partial charge in [0.25, 0.3) is 0 Å². The Bertz CT molecular complexity index is 600. The molecule has 0 atom stereocenters. The van der Waals surface area contributed by atoms with Crippen molar-refractivity contribution in [3.8, 4) is 0 Å². The van der Waals surface area contributed by atoms with Gasteiger partial charge in [-0.2, -0.15) is 0 Å². The third-order valence-electron chi connectivity index (χ3n) is 2.52. The number of carbonyl (C=O) groups excluding carboxylic acids is 1. The summed E-state index contributed by atoms with van der Waals surface area (Å²) in [5.41, 5.74) is -0.124. The van der Waals surface area contributed by atoms with Crippen LogP contribution in [0.5, 0.6) is 0 Å². The summed E-state index contributed by atoms with van der Waals surface area (Å²) in [4.78, 5) is 11.3. The van der Waals surface area contributed by atoms with E-state index in [2.05, 4.69) is 0 Å². The third-order valence-corrected chi connectivity index (χ3v) is 3.55. The topological polar surface area (TPSA) is 95.7 Å². The van der Waals surface area contributed by atoms with Gasteiger partial charge in [0, 0.05) is 6.61 Å². The molecule has 2 N–H and O–H groups in total. The number of ether oxygens (including phenoxy) is 2. The Morgan fingerprint density at radius 1 is 1.35 bits per heavy atom. The number of halogens is 1. The molecule has 0 aromatic heterocycles. The highest BCUT2D eigenvalue weighted by Crippen LogP contribution is 2.20. The average Bonchev–Trinajstić information content (AvgIpc) is 2.35. The van der Waals surface area contributed by atoms with Crippen LogP contribution in [0.25, 0.3) is 0 Å². The van der Waals surface area contributed by atoms with E-state index >= 15 is 0 Å². The fourth-order valence-corrected chi connectivity index (χ4v) is 2.39. The number of primary sulfonamides is 1. The van der Waals surface area contributed by atoms with Gasteiger partial charge in [0.2, 0.25) is 10.0 Å². The van der Waals surface area contributed by atoms with Crippen LogP contribution in [0.3, 0.4) is 0 Å². The molecule has 20 heavy (non-hydrogen) atoms. The van der Waals surface area contributed by atoms with Crippen molar-refractivity contribution in [3.05, 3.63) is 29.1 Å². The minimum atomic E-state index is -4.11. The lowest BCUT2D eigenvalue weighted by Gasteiger charge is -2.10. The summed E-state index contributed by atoms with van der Waals surface area (Å²) in [6, 6.07) is 1.68. The van der Waals surface area contributed by atoms with E-state index in [0.717, 1.165) is 12.1 Å². The smallest absolute Gasteiger partial charge is 0.338 e. The predicted molar refractivity (Wildman–Crippen MR) is 69.3 cm³/mol. The van der Waals surface area contributed by atoms with Crippen molar-refractivity contribution in [2.75, 3.05) is 19.8 Å². The number of hydrogen-bond donors (Lipinski definition) is 1. The molecule has 0 heterocycles. The van der Waals surface area contributed by atoms with Crippen molar-refractivity contribution in [3.63, 3.8) is 0 Å². The molecule has 0 unspecified atom stereocenters. The molecule has 0 radical (unpaired) electrons. The number of sulfonamides is 1. The average molecular weight is 305 g/mol. The molecule has 0 saturated carbocycles. The molecule has 0 aliphatic rings. The molecule has 6 nitrogen and oxygen atoms in total. The number of carbonyl (C=O) groups is 1. The highest BCUT2D eigenvalue weighted by molar-refractivity contribution is 7.89. The minimum absolute atomic E-state index is 0.00661. The van der Waals surface area contributed by atoms with E-state index in [1.165, 1.54) is 6.92 Å². The normalized spacial score (nSPS) is 11.4. The summed E-state index contributed by atoms with van der Waals surface area (Å²) < 4.78 is 45.9. The molecule has 1 aromatic carbocycles. The molecule has 0 bridgehead atoms. The van der Waals surface area contributed by atoms with Crippen LogP contribution in [0, 0.1) is 12.7 Å². The molecule has 1 aromatic rings. The van der Waals surface area contributed by atoms with Crippen LogP contribution in [0.1, 0.15) is 22.8 Å². The Kier molecular flexibility index (Phi) is 5.61. The van der Waals surface area contributed by atoms with Crippen molar-refractivity contribution in [1.82, 2.24) is 0 Å². The highest BCUT2D eigenvalue weighted by Gasteiger charge is 2.20. The first-order chi connectivity index (χ1) is 9.27. The van der Waals surface area contributed by atoms with E-state index < -0.39 is 26.7 Å². The van der Waals surface area contributed by atoms with Crippen molar-refractivity contribution in [2.24, 2.45) is 5.14 Å². The number of hydrogen-bond acceptors (Lipinski definition) is 5. The SMILES string of the molecule is CCOCCOC(=O)c1cc(F)cc(S(N)(=O)=O)c1C. The zero-order chi connectivity index (χ0) is 15.3. The molecule has 0 fully saturated rings. The van der Waals surface area contributed by atoms with Gasteiger partial charge in [-0.15, -0.1) is 0 Å². The van der Waals surface area contributed by atoms with Gasteiger partial charge in [0.15, 0.2) is 0 Å². The predicted octanol–water partition coefficient (Wildman–Crippen LogP) is 0.975. The van der Waals surface area contributed by atoms with Crippen LogP contribution in [0.2, 0.25) is 0 Å². The summed E-state index contributed by atoms with van der Waals surface area (Å²) in [6.45, 7) is 3.83. The maximum Gasteiger partial charge on any atom is 0.338 e. The van der Waals surface area contributed by atoms with Gasteiger partial charge in [0.05, 0.1) is 17.1 Å². The maximum atomic E-state index is 13.4. The molecule has 1 rings (SSSR count). The lowest BCUT2D eigenvalue weighted by atomic mass is 10.1. The van der Waals surface area contributed by atoms with Gasteiger partial charge in [-0.05, 0) is 31.5 Å². The van der Waals surface area contributed by atoms with E-state index in [9.17, 15) is 17.6 Å². The van der Waals surface area contributed by atoms with Gasteiger partial charge >= 0.3 is 5.97 Å². The van der Waals surface area contributed by atoms with Gasteiger partial charge < -0.3 is 9.47 Å². The first kappa shape index (κ1) is 16.5. The van der Waals surface area contributed by atoms with Crippen molar-refractivity contribution < 1.29 is 27.1 Å². The first-order valence-electron chi connectivity index (χ1n) is 5.85. The van der Waals surface area contributed by atoms with Gasteiger partial charge in [0.1, 0.15) is 12.4 Å². The van der Waals surface area contributed by atoms with E-state index in [-0.39, 0.29) is 24.3 Å². The third kappa shape index (κ3) is 4.26. The Hall–Kier alpha value is -1.51. The van der Waals surface area contributed by atoms with E-state index in [0.29, 0.717) is 6.61 Å². The lowest BCUT2D eigenvalue weighted by Crippen LogP contribution is -2.18. The monoisotopic (exact) mass is 305 g/mol. The van der Waals surface area contributed by atoms with Crippen molar-refractivity contribution >= 4 is 16.0 Å². The Balaban J connectivity index is 3.01. The second kappa shape index (κ2) is 6.78. The highest BCUT2D eigenvalue weighted by atomic mass is 32.2. The molecule has 0 amide bonds. The number of rotatable bonds is 6. The Labute approximate surface area is 116 Å². The quantitative estimate of drug-likeness (QED) is 0.624. The second-order valence-corrected chi connectivity index (χ2v) is 5.48. The van der Waals surface area contributed by atoms with Crippen LogP contribution in [0.15, 0.2) is 17.0 Å². The Morgan fingerprint density at radius 2 is 2.00 bits per heavy atom. The lowest BCUT2D eigenvalue weighted by molar-refractivity contribution is 0.0334. The van der Waals surface area contributed by atoms with Gasteiger partial charge in [-0.25, -0.2) is 22.7 Å². The molecule has 8 heteroatoms. The summed E-state index contributed by atoms with van der Waals surface area (Å²) in [6.07, 6.45) is 0. The molecule has 0 aliphatic heterocycles. The number of nitrogens with two attached hydrogens (primary N) is 1. The first-order valence-corrected chi connectivity index (χ1v) is 7.39. The second-order valence-electron chi connectivity index (χ2n) is 3.95. The van der Waals surface area contributed by atoms with Crippen LogP contribution in [0.4, 0.5) is 4.39 Å². The van der Waals surface area contributed by atoms with Crippen LogP contribution in [-0.2, 0) is 19.5 Å². The molecule has 0 saturated heterocycles.